The molecule has 1 aromatic rings. The van der Waals surface area contributed by atoms with Crippen molar-refractivity contribution in [3.8, 4) is 5.75 Å². The number of Topliss-reactive ketones (excluding diaryl/α,β-unsaturated/α-hetero) is 1. The van der Waals surface area contributed by atoms with Gasteiger partial charge in [-0.25, -0.2) is 4.79 Å². The summed E-state index contributed by atoms with van der Waals surface area (Å²) in [5.41, 5.74) is 1.61. The van der Waals surface area contributed by atoms with Gasteiger partial charge in [0.05, 0.1) is 7.11 Å². The van der Waals surface area contributed by atoms with Gasteiger partial charge in [0, 0.05) is 17.5 Å². The first-order valence-electron chi connectivity index (χ1n) is 5.07. The van der Waals surface area contributed by atoms with Crippen LogP contribution in [0.3, 0.4) is 0 Å². The van der Waals surface area contributed by atoms with Crippen LogP contribution in [-0.4, -0.2) is 25.5 Å². The summed E-state index contributed by atoms with van der Waals surface area (Å²) in [6.45, 7) is -0.124. The predicted octanol–water partition coefficient (Wildman–Crippen LogP) is 1.37. The molecule has 0 unspecified atom stereocenters. The average Bonchev–Trinajstić information content (AvgIpc) is 2.69. The molecule has 2 rings (SSSR count). The van der Waals surface area contributed by atoms with Crippen LogP contribution in [-0.2, 0) is 16.0 Å². The van der Waals surface area contributed by atoms with Crippen LogP contribution in [0.5, 0.6) is 5.75 Å². The summed E-state index contributed by atoms with van der Waals surface area (Å²) < 4.78 is 9.80. The number of fused-ring (bicyclic) bond motifs is 1. The van der Waals surface area contributed by atoms with Gasteiger partial charge in [0.25, 0.3) is 0 Å². The molecule has 84 valence electrons. The Balaban J connectivity index is 2.17. The molecule has 0 saturated carbocycles. The summed E-state index contributed by atoms with van der Waals surface area (Å²) in [5.74, 6) is 0.314. The van der Waals surface area contributed by atoms with Crippen LogP contribution < -0.4 is 4.74 Å². The van der Waals surface area contributed by atoms with E-state index in [0.29, 0.717) is 24.2 Å². The largest absolute Gasteiger partial charge is 0.482 e. The van der Waals surface area contributed by atoms with Gasteiger partial charge in [0.15, 0.2) is 12.4 Å². The third-order valence-electron chi connectivity index (χ3n) is 2.61. The quantitative estimate of drug-likeness (QED) is 0.722. The molecule has 0 aliphatic heterocycles. The highest BCUT2D eigenvalue weighted by Crippen LogP contribution is 2.30. The second-order valence-corrected chi connectivity index (χ2v) is 3.57. The predicted molar refractivity (Wildman–Crippen MR) is 56.6 cm³/mol. The second kappa shape index (κ2) is 4.35. The minimum absolute atomic E-state index is 0.124. The number of carbonyl (C=O) groups is 2. The first-order chi connectivity index (χ1) is 7.72. The number of rotatable bonds is 3. The van der Waals surface area contributed by atoms with Gasteiger partial charge >= 0.3 is 5.97 Å². The Hall–Kier alpha value is -1.84. The van der Waals surface area contributed by atoms with Gasteiger partial charge in [-0.05, 0) is 12.5 Å². The molecule has 1 aromatic carbocycles. The Morgan fingerprint density at radius 2 is 2.19 bits per heavy atom. The van der Waals surface area contributed by atoms with Gasteiger partial charge in [0.1, 0.15) is 5.75 Å². The lowest BCUT2D eigenvalue weighted by molar-refractivity contribution is -0.142. The molecule has 4 nitrogen and oxygen atoms in total. The van der Waals surface area contributed by atoms with Crippen molar-refractivity contribution < 1.29 is 19.1 Å². The number of carbonyl (C=O) groups excluding carboxylic acids is 2. The van der Waals surface area contributed by atoms with Gasteiger partial charge in [0.2, 0.25) is 0 Å². The van der Waals surface area contributed by atoms with Gasteiger partial charge < -0.3 is 9.47 Å². The SMILES string of the molecule is COC(=O)COc1cccc2c1CCC2=O. The van der Waals surface area contributed by atoms with Crippen molar-refractivity contribution in [3.05, 3.63) is 29.3 Å². The fourth-order valence-corrected chi connectivity index (χ4v) is 1.79. The van der Waals surface area contributed by atoms with Crippen molar-refractivity contribution in [1.29, 1.82) is 0 Å². The third-order valence-corrected chi connectivity index (χ3v) is 2.61. The number of hydrogen-bond donors (Lipinski definition) is 0. The Kier molecular flexibility index (Phi) is 2.90. The minimum Gasteiger partial charge on any atom is -0.482 e. The van der Waals surface area contributed by atoms with Crippen molar-refractivity contribution >= 4 is 11.8 Å². The van der Waals surface area contributed by atoms with E-state index in [2.05, 4.69) is 4.74 Å². The highest BCUT2D eigenvalue weighted by molar-refractivity contribution is 6.01. The van der Waals surface area contributed by atoms with Crippen LogP contribution >= 0.6 is 0 Å². The summed E-state index contributed by atoms with van der Waals surface area (Å²) in [5, 5.41) is 0. The highest BCUT2D eigenvalue weighted by atomic mass is 16.6. The maximum atomic E-state index is 11.5. The van der Waals surface area contributed by atoms with Gasteiger partial charge in [-0.15, -0.1) is 0 Å². The van der Waals surface area contributed by atoms with E-state index in [1.54, 1.807) is 18.2 Å². The molecule has 16 heavy (non-hydrogen) atoms. The number of ether oxygens (including phenoxy) is 2. The Labute approximate surface area is 93.2 Å². The van der Waals surface area contributed by atoms with Crippen molar-refractivity contribution in [2.75, 3.05) is 13.7 Å². The number of esters is 1. The fraction of sp³-hybridized carbons (Fsp3) is 0.333. The molecule has 0 aromatic heterocycles. The zero-order chi connectivity index (χ0) is 11.5. The molecule has 0 fully saturated rings. The van der Waals surface area contributed by atoms with Crippen LogP contribution in [0.15, 0.2) is 18.2 Å². The maximum absolute atomic E-state index is 11.5. The van der Waals surface area contributed by atoms with Gasteiger partial charge in [-0.3, -0.25) is 4.79 Å². The topological polar surface area (TPSA) is 52.6 Å². The van der Waals surface area contributed by atoms with E-state index in [4.69, 9.17) is 4.74 Å². The second-order valence-electron chi connectivity index (χ2n) is 3.57. The molecular formula is C12H12O4. The van der Waals surface area contributed by atoms with E-state index in [9.17, 15) is 9.59 Å². The minimum atomic E-state index is -0.429. The summed E-state index contributed by atoms with van der Waals surface area (Å²) in [6.07, 6.45) is 1.21. The number of hydrogen-bond acceptors (Lipinski definition) is 4. The fourth-order valence-electron chi connectivity index (χ4n) is 1.79. The van der Waals surface area contributed by atoms with Crippen LogP contribution in [0.1, 0.15) is 22.3 Å². The third kappa shape index (κ3) is 1.91. The smallest absolute Gasteiger partial charge is 0.343 e. The zero-order valence-corrected chi connectivity index (χ0v) is 8.99. The summed E-state index contributed by atoms with van der Waals surface area (Å²) in [6, 6.07) is 5.31. The van der Waals surface area contributed by atoms with Crippen molar-refractivity contribution in [2.45, 2.75) is 12.8 Å². The van der Waals surface area contributed by atoms with E-state index in [1.807, 2.05) is 0 Å². The van der Waals surface area contributed by atoms with Crippen LogP contribution in [0, 0.1) is 0 Å². The van der Waals surface area contributed by atoms with E-state index in [0.717, 1.165) is 5.56 Å². The summed E-state index contributed by atoms with van der Waals surface area (Å²) in [7, 11) is 1.31. The molecule has 0 atom stereocenters. The maximum Gasteiger partial charge on any atom is 0.343 e. The van der Waals surface area contributed by atoms with E-state index in [1.165, 1.54) is 7.11 Å². The lowest BCUT2D eigenvalue weighted by atomic mass is 10.1. The molecular weight excluding hydrogens is 208 g/mol. The Bertz CT molecular complexity index is 437. The van der Waals surface area contributed by atoms with Gasteiger partial charge in [-0.2, -0.15) is 0 Å². The number of ketones is 1. The molecule has 4 heteroatoms. The van der Waals surface area contributed by atoms with E-state index in [-0.39, 0.29) is 12.4 Å². The molecule has 0 N–H and O–H groups in total. The average molecular weight is 220 g/mol. The van der Waals surface area contributed by atoms with Crippen molar-refractivity contribution in [1.82, 2.24) is 0 Å². The molecule has 0 heterocycles. The van der Waals surface area contributed by atoms with E-state index >= 15 is 0 Å². The first-order valence-corrected chi connectivity index (χ1v) is 5.07. The van der Waals surface area contributed by atoms with Crippen LogP contribution in [0.2, 0.25) is 0 Å². The Morgan fingerprint density at radius 3 is 2.94 bits per heavy atom. The molecule has 1 aliphatic carbocycles. The summed E-state index contributed by atoms with van der Waals surface area (Å²) >= 11 is 0. The first kappa shape index (κ1) is 10.7. The van der Waals surface area contributed by atoms with Gasteiger partial charge in [-0.1, -0.05) is 12.1 Å². The zero-order valence-electron chi connectivity index (χ0n) is 8.99. The standard InChI is InChI=1S/C12H12O4/c1-15-12(14)7-16-11-4-2-3-8-9(11)5-6-10(8)13/h2-4H,5-7H2,1H3. The van der Waals surface area contributed by atoms with Crippen molar-refractivity contribution in [3.63, 3.8) is 0 Å². The molecule has 0 saturated heterocycles. The molecule has 0 radical (unpaired) electrons. The molecule has 0 amide bonds. The van der Waals surface area contributed by atoms with Crippen LogP contribution in [0.25, 0.3) is 0 Å². The summed E-state index contributed by atoms with van der Waals surface area (Å²) in [4.78, 5) is 22.4. The number of methoxy groups -OCH3 is 1. The monoisotopic (exact) mass is 220 g/mol. The van der Waals surface area contributed by atoms with Crippen LogP contribution in [0.4, 0.5) is 0 Å². The Morgan fingerprint density at radius 1 is 1.38 bits per heavy atom. The molecule has 0 spiro atoms. The molecule has 1 aliphatic rings. The normalized spacial score (nSPS) is 13.4. The number of benzene rings is 1. The van der Waals surface area contributed by atoms with E-state index < -0.39 is 5.97 Å². The lowest BCUT2D eigenvalue weighted by Gasteiger charge is -2.08. The lowest BCUT2D eigenvalue weighted by Crippen LogP contribution is -2.13. The van der Waals surface area contributed by atoms with Crippen molar-refractivity contribution in [2.24, 2.45) is 0 Å². The molecule has 0 bridgehead atoms. The highest BCUT2D eigenvalue weighted by Gasteiger charge is 2.22.